The number of aliphatic hydroxyl groups excluding tert-OH is 2. The van der Waals surface area contributed by atoms with Crippen LogP contribution in [0, 0.1) is 0 Å². The molecule has 0 atom stereocenters. The van der Waals surface area contributed by atoms with Crippen LogP contribution in [-0.4, -0.2) is 47.0 Å². The average Bonchev–Trinajstić information content (AvgIpc) is 3.39. The lowest BCUT2D eigenvalue weighted by Gasteiger charge is -1.98. The third-order valence-electron chi connectivity index (χ3n) is 3.99. The summed E-state index contributed by atoms with van der Waals surface area (Å²) in [6.07, 6.45) is 2.56. The van der Waals surface area contributed by atoms with E-state index < -0.39 is 12.5 Å². The molecule has 7 heteroatoms. The zero-order chi connectivity index (χ0) is 21.5. The van der Waals surface area contributed by atoms with Crippen molar-refractivity contribution in [1.29, 1.82) is 0 Å². The first-order valence-corrected chi connectivity index (χ1v) is 10.3. The lowest BCUT2D eigenvalue weighted by atomic mass is 10.1. The smallest absolute Gasteiger partial charge is 0.193 e. The number of alkyl halides is 2. The van der Waals surface area contributed by atoms with Crippen LogP contribution < -0.4 is 0 Å². The number of halogens is 2. The predicted molar refractivity (Wildman–Crippen MR) is 133 cm³/mol. The Kier molecular flexibility index (Phi) is 22.7. The van der Waals surface area contributed by atoms with Gasteiger partial charge in [-0.2, -0.15) is 0 Å². The maximum atomic E-state index is 11.9. The van der Waals surface area contributed by atoms with E-state index in [4.69, 9.17) is 14.9 Å². The van der Waals surface area contributed by atoms with Crippen molar-refractivity contribution in [2.24, 2.45) is 0 Å². The fourth-order valence-electron chi connectivity index (χ4n) is 2.26. The van der Waals surface area contributed by atoms with E-state index >= 15 is 0 Å². The molecule has 0 spiro atoms. The Bertz CT molecular complexity index is 662. The zero-order valence-corrected chi connectivity index (χ0v) is 17.7. The molecule has 1 aliphatic heterocycles. The topological polar surface area (TPSA) is 83.8 Å². The summed E-state index contributed by atoms with van der Waals surface area (Å²) in [6.45, 7) is 0.978. The van der Waals surface area contributed by atoms with E-state index in [1.165, 1.54) is 25.0 Å². The largest absolute Gasteiger partial charge is 0.392 e. The second-order valence-electron chi connectivity index (χ2n) is 6.14. The molecule has 32 heavy (non-hydrogen) atoms. The highest BCUT2D eigenvalue weighted by Gasteiger charge is 2.03. The van der Waals surface area contributed by atoms with Crippen LogP contribution in [0.15, 0.2) is 48.5 Å². The highest BCUT2D eigenvalue weighted by atomic mass is 79.9. The van der Waals surface area contributed by atoms with Gasteiger partial charge in [0, 0.05) is 24.3 Å². The number of ketones is 2. The van der Waals surface area contributed by atoms with Gasteiger partial charge in [-0.05, 0) is 24.0 Å². The second kappa shape index (κ2) is 20.9. The minimum absolute atomic E-state index is 0. The fourth-order valence-corrected chi connectivity index (χ4v) is 2.58. The number of carbonyl (C=O) groups is 2. The molecule has 0 amide bonds. The first-order chi connectivity index (χ1) is 14.0. The van der Waals surface area contributed by atoms with Crippen LogP contribution in [0.4, 0.5) is 4.39 Å². The van der Waals surface area contributed by atoms with Crippen LogP contribution in [0.5, 0.6) is 0 Å². The maximum absolute atomic E-state index is 11.9. The molecule has 2 aromatic carbocycles. The zero-order valence-electron chi connectivity index (χ0n) is 16.2. The Labute approximate surface area is 200 Å². The highest BCUT2D eigenvalue weighted by Crippen LogP contribution is 2.06. The molecule has 0 aliphatic carbocycles. The van der Waals surface area contributed by atoms with Crippen molar-refractivity contribution in [2.45, 2.75) is 48.3 Å². The Balaban J connectivity index is -0.000000402. The van der Waals surface area contributed by atoms with Gasteiger partial charge in [-0.3, -0.25) is 9.59 Å². The van der Waals surface area contributed by atoms with Crippen molar-refractivity contribution in [2.75, 3.05) is 25.2 Å². The van der Waals surface area contributed by atoms with E-state index in [9.17, 15) is 14.0 Å². The fraction of sp³-hybridized carbons (Fsp3) is 0.440. The van der Waals surface area contributed by atoms with Crippen LogP contribution >= 0.6 is 15.9 Å². The van der Waals surface area contributed by atoms with Gasteiger partial charge in [-0.1, -0.05) is 86.7 Å². The van der Waals surface area contributed by atoms with Crippen molar-refractivity contribution in [3.63, 3.8) is 0 Å². The van der Waals surface area contributed by atoms with Crippen LogP contribution in [0.25, 0.3) is 0 Å². The third kappa shape index (κ3) is 13.5. The van der Waals surface area contributed by atoms with Crippen molar-refractivity contribution in [3.05, 3.63) is 70.8 Å². The summed E-state index contributed by atoms with van der Waals surface area (Å²) in [4.78, 5) is 21.9. The molecule has 2 N–H and O–H groups in total. The van der Waals surface area contributed by atoms with Crippen LogP contribution in [0.2, 0.25) is 0 Å². The quantitative estimate of drug-likeness (QED) is 0.374. The molecule has 0 saturated carbocycles. The Morgan fingerprint density at radius 2 is 1.16 bits per heavy atom. The van der Waals surface area contributed by atoms with E-state index in [1.54, 1.807) is 36.4 Å². The van der Waals surface area contributed by atoms with Gasteiger partial charge < -0.3 is 14.9 Å². The Hall–Kier alpha value is -1.93. The van der Waals surface area contributed by atoms with Gasteiger partial charge in [0.05, 0.1) is 18.5 Å². The molecule has 0 bridgehead atoms. The third-order valence-corrected chi connectivity index (χ3v) is 4.50. The molecule has 1 heterocycles. The van der Waals surface area contributed by atoms with Crippen molar-refractivity contribution < 1.29 is 28.9 Å². The summed E-state index contributed by atoms with van der Waals surface area (Å²) in [5.74, 6) is -0.473. The Morgan fingerprint density at radius 3 is 1.41 bits per heavy atom. The van der Waals surface area contributed by atoms with Gasteiger partial charge in [0.2, 0.25) is 0 Å². The van der Waals surface area contributed by atoms with E-state index in [-0.39, 0.29) is 41.3 Å². The molecular formula is C25H38BrFO5. The Morgan fingerprint density at radius 1 is 0.781 bits per heavy atom. The first kappa shape index (κ1) is 34.7. The molecule has 1 aliphatic rings. The standard InChI is InChI=1S/C9H9BrO2.C9H9FO2.C4H8O.3CH4/c2*10-5-9(12)8-3-1-7(6-11)2-4-8;1-2-4-5-3-1;;;/h2*1-4,11H,5-6H2;1-4H2;3*1H4. The van der Waals surface area contributed by atoms with E-state index in [0.29, 0.717) is 22.0 Å². The molecule has 3 rings (SSSR count). The van der Waals surface area contributed by atoms with Gasteiger partial charge in [0.25, 0.3) is 0 Å². The van der Waals surface area contributed by atoms with Gasteiger partial charge in [-0.25, -0.2) is 4.39 Å². The van der Waals surface area contributed by atoms with Crippen molar-refractivity contribution >= 4 is 27.5 Å². The molecule has 5 nitrogen and oxygen atoms in total. The molecule has 0 aromatic heterocycles. The molecule has 1 fully saturated rings. The summed E-state index contributed by atoms with van der Waals surface area (Å²) in [5, 5.41) is 17.7. The van der Waals surface area contributed by atoms with Gasteiger partial charge in [0.15, 0.2) is 18.2 Å². The lowest BCUT2D eigenvalue weighted by molar-refractivity contribution is 0.0957. The predicted octanol–water partition coefficient (Wildman–Crippen LogP) is 5.79. The molecule has 182 valence electrons. The van der Waals surface area contributed by atoms with Crippen molar-refractivity contribution in [3.8, 4) is 0 Å². The van der Waals surface area contributed by atoms with E-state index in [1.807, 2.05) is 0 Å². The van der Waals surface area contributed by atoms with Crippen LogP contribution in [0.1, 0.15) is 67.0 Å². The van der Waals surface area contributed by atoms with Crippen LogP contribution in [0.3, 0.4) is 0 Å². The summed E-state index contributed by atoms with van der Waals surface area (Å²) in [5.41, 5.74) is 2.55. The highest BCUT2D eigenvalue weighted by molar-refractivity contribution is 9.09. The summed E-state index contributed by atoms with van der Waals surface area (Å²) in [6, 6.07) is 13.1. The summed E-state index contributed by atoms with van der Waals surface area (Å²) >= 11 is 3.09. The van der Waals surface area contributed by atoms with E-state index in [0.717, 1.165) is 18.8 Å². The molecular weight excluding hydrogens is 479 g/mol. The van der Waals surface area contributed by atoms with Gasteiger partial charge in [0.1, 0.15) is 0 Å². The average molecular weight is 517 g/mol. The summed E-state index contributed by atoms with van der Waals surface area (Å²) < 4.78 is 16.8. The van der Waals surface area contributed by atoms with Gasteiger partial charge >= 0.3 is 0 Å². The monoisotopic (exact) mass is 516 g/mol. The second-order valence-corrected chi connectivity index (χ2v) is 6.70. The van der Waals surface area contributed by atoms with Crippen molar-refractivity contribution in [1.82, 2.24) is 0 Å². The lowest BCUT2D eigenvalue weighted by Crippen LogP contribution is -2.00. The maximum Gasteiger partial charge on any atom is 0.193 e. The SMILES string of the molecule is C.C.C.C1CCOC1.O=C(CBr)c1ccc(CO)cc1.O=C(CF)c1ccc(CO)cc1. The molecule has 0 radical (unpaired) electrons. The number of benzene rings is 2. The first-order valence-electron chi connectivity index (χ1n) is 9.21. The molecule has 2 aromatic rings. The number of ether oxygens (including phenoxy) is 1. The number of Topliss-reactive ketones (excluding diaryl/α,β-unsaturated/α-hetero) is 2. The van der Waals surface area contributed by atoms with Crippen LogP contribution in [-0.2, 0) is 18.0 Å². The minimum atomic E-state index is -0.974. The number of aliphatic hydroxyl groups is 2. The number of hydrogen-bond acceptors (Lipinski definition) is 5. The summed E-state index contributed by atoms with van der Waals surface area (Å²) in [7, 11) is 0. The number of carbonyl (C=O) groups excluding carboxylic acids is 2. The number of hydrogen-bond donors (Lipinski definition) is 2. The number of rotatable bonds is 6. The van der Waals surface area contributed by atoms with E-state index in [2.05, 4.69) is 15.9 Å². The molecule has 0 unspecified atom stereocenters. The normalized spacial score (nSPS) is 11.1. The minimum Gasteiger partial charge on any atom is -0.392 e. The molecule has 1 saturated heterocycles. The van der Waals surface area contributed by atoms with Gasteiger partial charge in [-0.15, -0.1) is 0 Å².